The van der Waals surface area contributed by atoms with Gasteiger partial charge in [0, 0.05) is 11.3 Å². The summed E-state index contributed by atoms with van der Waals surface area (Å²) in [6.45, 7) is 3.96. The molecule has 74 valence electrons. The lowest BCUT2D eigenvalue weighted by Crippen LogP contribution is -2.19. The molecule has 1 aromatic rings. The maximum Gasteiger partial charge on any atom is 0.313 e. The topological polar surface area (TPSA) is 26.3 Å². The van der Waals surface area contributed by atoms with E-state index in [-0.39, 0.29) is 11.9 Å². The molecule has 1 aliphatic rings. The van der Waals surface area contributed by atoms with Gasteiger partial charge in [0.15, 0.2) is 0 Å². The van der Waals surface area contributed by atoms with E-state index < -0.39 is 0 Å². The maximum atomic E-state index is 11.5. The normalized spacial score (nSPS) is 20.4. The van der Waals surface area contributed by atoms with Crippen molar-refractivity contribution in [2.75, 3.05) is 7.11 Å². The van der Waals surface area contributed by atoms with Crippen LogP contribution in [0.1, 0.15) is 22.8 Å². The molecule has 1 aliphatic carbocycles. The van der Waals surface area contributed by atoms with Crippen LogP contribution >= 0.6 is 11.3 Å². The van der Waals surface area contributed by atoms with Gasteiger partial charge >= 0.3 is 5.97 Å². The van der Waals surface area contributed by atoms with Crippen molar-refractivity contribution in [1.82, 2.24) is 0 Å². The van der Waals surface area contributed by atoms with Crippen LogP contribution in [0.3, 0.4) is 0 Å². The van der Waals surface area contributed by atoms with Crippen molar-refractivity contribution in [3.05, 3.63) is 34.0 Å². The Morgan fingerprint density at radius 2 is 2.50 bits per heavy atom. The van der Waals surface area contributed by atoms with Gasteiger partial charge in [-0.3, -0.25) is 4.79 Å². The molecule has 14 heavy (non-hydrogen) atoms. The van der Waals surface area contributed by atoms with Crippen molar-refractivity contribution in [1.29, 1.82) is 0 Å². The first kappa shape index (κ1) is 9.46. The second-order valence-electron chi connectivity index (χ2n) is 3.51. The van der Waals surface area contributed by atoms with E-state index >= 15 is 0 Å². The first-order chi connectivity index (χ1) is 6.72. The van der Waals surface area contributed by atoms with Gasteiger partial charge in [0.25, 0.3) is 0 Å². The lowest BCUT2D eigenvalue weighted by Gasteiger charge is -2.21. The number of hydrogen-bond donors (Lipinski definition) is 0. The fraction of sp³-hybridized carbons (Fsp3) is 0.364. The molecular formula is C11H12O2S. The zero-order chi connectivity index (χ0) is 10.1. The highest BCUT2D eigenvalue weighted by atomic mass is 32.1. The Morgan fingerprint density at radius 3 is 3.21 bits per heavy atom. The maximum absolute atomic E-state index is 11.5. The lowest BCUT2D eigenvalue weighted by molar-refractivity contribution is -0.142. The van der Waals surface area contributed by atoms with Crippen molar-refractivity contribution in [3.63, 3.8) is 0 Å². The third-order valence-electron chi connectivity index (χ3n) is 2.54. The molecule has 0 amide bonds. The molecule has 1 heterocycles. The number of carbonyl (C=O) groups excluding carboxylic acids is 1. The lowest BCUT2D eigenvalue weighted by atomic mass is 9.85. The number of hydrogen-bond acceptors (Lipinski definition) is 3. The summed E-state index contributed by atoms with van der Waals surface area (Å²) < 4.78 is 4.79. The standard InChI is InChI=1S/C11H12O2S/c1-7-5-9(11(12)13-2)8-3-4-14-10(8)6-7/h3-4,9H,1,5-6H2,2H3. The number of fused-ring (bicyclic) bond motifs is 1. The third-order valence-corrected chi connectivity index (χ3v) is 3.48. The monoisotopic (exact) mass is 208 g/mol. The third kappa shape index (κ3) is 1.48. The fourth-order valence-corrected chi connectivity index (χ4v) is 2.87. The highest BCUT2D eigenvalue weighted by molar-refractivity contribution is 7.10. The summed E-state index contributed by atoms with van der Waals surface area (Å²) >= 11 is 1.69. The van der Waals surface area contributed by atoms with Gasteiger partial charge in [0.1, 0.15) is 0 Å². The van der Waals surface area contributed by atoms with Gasteiger partial charge in [-0.05, 0) is 23.4 Å². The Kier molecular flexibility index (Phi) is 2.42. The summed E-state index contributed by atoms with van der Waals surface area (Å²) in [6, 6.07) is 2.02. The highest BCUT2D eigenvalue weighted by Crippen LogP contribution is 2.37. The van der Waals surface area contributed by atoms with Gasteiger partial charge in [-0.25, -0.2) is 0 Å². The second-order valence-corrected chi connectivity index (χ2v) is 4.51. The fourth-order valence-electron chi connectivity index (χ4n) is 1.86. The van der Waals surface area contributed by atoms with Crippen molar-refractivity contribution in [2.24, 2.45) is 0 Å². The molecule has 0 bridgehead atoms. The summed E-state index contributed by atoms with van der Waals surface area (Å²) in [5, 5.41) is 2.03. The summed E-state index contributed by atoms with van der Waals surface area (Å²) in [4.78, 5) is 12.8. The van der Waals surface area contributed by atoms with Crippen LogP contribution in [0.4, 0.5) is 0 Å². The molecule has 0 N–H and O–H groups in total. The van der Waals surface area contributed by atoms with Gasteiger partial charge in [-0.2, -0.15) is 0 Å². The molecule has 0 fully saturated rings. The Labute approximate surface area is 87.2 Å². The largest absolute Gasteiger partial charge is 0.469 e. The van der Waals surface area contributed by atoms with Gasteiger partial charge in [-0.1, -0.05) is 12.2 Å². The quantitative estimate of drug-likeness (QED) is 0.523. The summed E-state index contributed by atoms with van der Waals surface area (Å²) in [5.74, 6) is -0.270. The number of thiophene rings is 1. The molecule has 2 nitrogen and oxygen atoms in total. The number of methoxy groups -OCH3 is 1. The molecule has 1 unspecified atom stereocenters. The van der Waals surface area contributed by atoms with E-state index in [9.17, 15) is 4.79 Å². The van der Waals surface area contributed by atoms with E-state index in [0.29, 0.717) is 0 Å². The molecule has 1 atom stereocenters. The predicted molar refractivity (Wildman–Crippen MR) is 56.5 cm³/mol. The molecule has 0 saturated heterocycles. The molecule has 0 aromatic carbocycles. The van der Waals surface area contributed by atoms with Crippen LogP contribution in [0, 0.1) is 0 Å². The number of allylic oxidation sites excluding steroid dienone is 1. The highest BCUT2D eigenvalue weighted by Gasteiger charge is 2.29. The first-order valence-corrected chi connectivity index (χ1v) is 5.41. The van der Waals surface area contributed by atoms with Crippen LogP contribution in [0.25, 0.3) is 0 Å². The molecule has 0 spiro atoms. The average Bonchev–Trinajstić information content (AvgIpc) is 2.62. The summed E-state index contributed by atoms with van der Waals surface area (Å²) in [6.07, 6.45) is 1.65. The van der Waals surface area contributed by atoms with Crippen LogP contribution in [-0.4, -0.2) is 13.1 Å². The van der Waals surface area contributed by atoms with Crippen LogP contribution in [-0.2, 0) is 16.0 Å². The summed E-state index contributed by atoms with van der Waals surface area (Å²) in [7, 11) is 1.44. The number of esters is 1. The zero-order valence-electron chi connectivity index (χ0n) is 8.08. The molecule has 2 rings (SSSR count). The minimum absolute atomic E-state index is 0.123. The Bertz CT molecular complexity index is 378. The molecule has 0 radical (unpaired) electrons. The molecular weight excluding hydrogens is 196 g/mol. The summed E-state index contributed by atoms with van der Waals surface area (Å²) in [5.41, 5.74) is 2.25. The smallest absolute Gasteiger partial charge is 0.313 e. The van der Waals surface area contributed by atoms with E-state index in [1.54, 1.807) is 11.3 Å². The van der Waals surface area contributed by atoms with Crippen molar-refractivity contribution in [2.45, 2.75) is 18.8 Å². The van der Waals surface area contributed by atoms with E-state index in [0.717, 1.165) is 24.0 Å². The van der Waals surface area contributed by atoms with Crippen LogP contribution in [0.15, 0.2) is 23.6 Å². The molecule has 0 aliphatic heterocycles. The molecule has 3 heteroatoms. The van der Waals surface area contributed by atoms with Gasteiger partial charge in [-0.15, -0.1) is 11.3 Å². The minimum atomic E-state index is -0.148. The molecule has 1 aromatic heterocycles. The van der Waals surface area contributed by atoms with Crippen molar-refractivity contribution >= 4 is 17.3 Å². The van der Waals surface area contributed by atoms with Gasteiger partial charge in [0.2, 0.25) is 0 Å². The van der Waals surface area contributed by atoms with E-state index in [1.165, 1.54) is 12.0 Å². The first-order valence-electron chi connectivity index (χ1n) is 4.53. The van der Waals surface area contributed by atoms with Crippen molar-refractivity contribution < 1.29 is 9.53 Å². The number of rotatable bonds is 1. The number of carbonyl (C=O) groups is 1. The van der Waals surface area contributed by atoms with Gasteiger partial charge < -0.3 is 4.74 Å². The number of ether oxygens (including phenoxy) is 1. The zero-order valence-corrected chi connectivity index (χ0v) is 8.89. The van der Waals surface area contributed by atoms with Crippen LogP contribution < -0.4 is 0 Å². The Hall–Kier alpha value is -1.09. The minimum Gasteiger partial charge on any atom is -0.469 e. The SMILES string of the molecule is C=C1Cc2sccc2C(C(=O)OC)C1. The second kappa shape index (κ2) is 3.58. The van der Waals surface area contributed by atoms with Crippen LogP contribution in [0.5, 0.6) is 0 Å². The molecule has 0 saturated carbocycles. The van der Waals surface area contributed by atoms with Crippen LogP contribution in [0.2, 0.25) is 0 Å². The van der Waals surface area contributed by atoms with Crippen molar-refractivity contribution in [3.8, 4) is 0 Å². The predicted octanol–water partition coefficient (Wildman–Crippen LogP) is 2.51. The van der Waals surface area contributed by atoms with E-state index in [2.05, 4.69) is 6.58 Å². The van der Waals surface area contributed by atoms with E-state index in [4.69, 9.17) is 4.74 Å². The van der Waals surface area contributed by atoms with E-state index in [1.807, 2.05) is 11.4 Å². The Morgan fingerprint density at radius 1 is 1.71 bits per heavy atom. The van der Waals surface area contributed by atoms with Gasteiger partial charge in [0.05, 0.1) is 13.0 Å². The Balaban J connectivity index is 2.37. The average molecular weight is 208 g/mol.